The van der Waals surface area contributed by atoms with E-state index < -0.39 is 6.17 Å². The number of allylic oxidation sites excluding steroid dienone is 1. The van der Waals surface area contributed by atoms with E-state index in [0.717, 1.165) is 0 Å². The molecular formula is C10H14F2N2. The van der Waals surface area contributed by atoms with Crippen LogP contribution in [0, 0.1) is 5.41 Å². The first kappa shape index (κ1) is 9.77. The van der Waals surface area contributed by atoms with Gasteiger partial charge in [-0.25, -0.2) is 8.78 Å². The van der Waals surface area contributed by atoms with Crippen LogP contribution < -0.4 is 5.32 Å². The largest absolute Gasteiger partial charge is 0.310 e. The number of halogens is 2. The molecule has 0 spiro atoms. The van der Waals surface area contributed by atoms with Crippen molar-refractivity contribution < 1.29 is 8.78 Å². The first-order chi connectivity index (χ1) is 6.60. The van der Waals surface area contributed by atoms with Crippen molar-refractivity contribution in [2.45, 2.75) is 32.0 Å². The van der Waals surface area contributed by atoms with Crippen molar-refractivity contribution in [2.24, 2.45) is 10.4 Å². The van der Waals surface area contributed by atoms with Crippen molar-refractivity contribution in [1.82, 2.24) is 5.32 Å². The molecule has 1 saturated heterocycles. The third-order valence-electron chi connectivity index (χ3n) is 3.01. The number of alkyl halides is 1. The molecule has 0 radical (unpaired) electrons. The van der Waals surface area contributed by atoms with Crippen molar-refractivity contribution in [3.63, 3.8) is 0 Å². The molecule has 2 heterocycles. The van der Waals surface area contributed by atoms with Crippen LogP contribution in [0.1, 0.15) is 19.8 Å². The standard InChI is InChI=1S/C10H14F2N2/c1-10(3-8(12)4-13-6-10)9-2-7(11)5-14-9/h4,6-7,9,14H,2-3,5H2,1H3/t7-,9+,10?/m0/s1. The fourth-order valence-electron chi connectivity index (χ4n) is 2.15. The lowest BCUT2D eigenvalue weighted by Gasteiger charge is -2.32. The van der Waals surface area contributed by atoms with Crippen LogP contribution in [-0.4, -0.2) is 25.0 Å². The Balaban J connectivity index is 2.10. The molecule has 4 heteroatoms. The minimum atomic E-state index is -0.806. The normalized spacial score (nSPS) is 42.6. The van der Waals surface area contributed by atoms with Gasteiger partial charge in [-0.1, -0.05) is 6.92 Å². The molecule has 1 N–H and O–H groups in total. The van der Waals surface area contributed by atoms with E-state index in [1.807, 2.05) is 6.92 Å². The van der Waals surface area contributed by atoms with E-state index in [0.29, 0.717) is 19.4 Å². The highest BCUT2D eigenvalue weighted by molar-refractivity contribution is 5.69. The summed E-state index contributed by atoms with van der Waals surface area (Å²) in [5.41, 5.74) is -0.375. The Morgan fingerprint density at radius 2 is 2.43 bits per heavy atom. The molecule has 0 aliphatic carbocycles. The number of hydrogen-bond acceptors (Lipinski definition) is 2. The second-order valence-corrected chi connectivity index (χ2v) is 4.33. The van der Waals surface area contributed by atoms with Gasteiger partial charge in [0.25, 0.3) is 0 Å². The van der Waals surface area contributed by atoms with E-state index in [-0.39, 0.29) is 17.3 Å². The Bertz CT molecular complexity index is 288. The molecule has 0 saturated carbocycles. The smallest absolute Gasteiger partial charge is 0.119 e. The van der Waals surface area contributed by atoms with Gasteiger partial charge in [0.1, 0.15) is 12.0 Å². The van der Waals surface area contributed by atoms with Crippen LogP contribution in [0.5, 0.6) is 0 Å². The number of aliphatic imine (C=N–C) groups is 1. The summed E-state index contributed by atoms with van der Waals surface area (Å²) in [5, 5.41) is 3.08. The average Bonchev–Trinajstić information content (AvgIpc) is 2.52. The second-order valence-electron chi connectivity index (χ2n) is 4.33. The zero-order chi connectivity index (χ0) is 10.2. The maximum Gasteiger partial charge on any atom is 0.119 e. The zero-order valence-corrected chi connectivity index (χ0v) is 8.13. The quantitative estimate of drug-likeness (QED) is 0.687. The summed E-state index contributed by atoms with van der Waals surface area (Å²) in [6.07, 6.45) is 2.92. The summed E-state index contributed by atoms with van der Waals surface area (Å²) >= 11 is 0. The molecule has 0 aromatic heterocycles. The van der Waals surface area contributed by atoms with Crippen LogP contribution in [0.3, 0.4) is 0 Å². The first-order valence-electron chi connectivity index (χ1n) is 4.86. The highest BCUT2D eigenvalue weighted by atomic mass is 19.1. The molecule has 3 atom stereocenters. The van der Waals surface area contributed by atoms with Gasteiger partial charge in [-0.05, 0) is 6.42 Å². The van der Waals surface area contributed by atoms with Crippen LogP contribution in [0.2, 0.25) is 0 Å². The molecule has 1 unspecified atom stereocenters. The maximum absolute atomic E-state index is 13.1. The van der Waals surface area contributed by atoms with Crippen molar-refractivity contribution in [1.29, 1.82) is 0 Å². The lowest BCUT2D eigenvalue weighted by atomic mass is 9.78. The van der Waals surface area contributed by atoms with Crippen LogP contribution in [-0.2, 0) is 0 Å². The Morgan fingerprint density at radius 1 is 1.64 bits per heavy atom. The van der Waals surface area contributed by atoms with Gasteiger partial charge in [0.2, 0.25) is 0 Å². The second kappa shape index (κ2) is 3.42. The number of rotatable bonds is 1. The molecule has 2 rings (SSSR count). The van der Waals surface area contributed by atoms with E-state index in [4.69, 9.17) is 0 Å². The van der Waals surface area contributed by atoms with Gasteiger partial charge in [0.05, 0.1) is 6.20 Å². The van der Waals surface area contributed by atoms with Gasteiger partial charge in [0, 0.05) is 30.6 Å². The predicted molar refractivity (Wildman–Crippen MR) is 51.7 cm³/mol. The fraction of sp³-hybridized carbons (Fsp3) is 0.700. The SMILES string of the molecule is CC1([C@H]2C[C@H](F)CN2)C=NC=C(F)C1. The molecule has 1 fully saturated rings. The summed E-state index contributed by atoms with van der Waals surface area (Å²) in [6.45, 7) is 2.29. The van der Waals surface area contributed by atoms with Crippen molar-refractivity contribution in [3.05, 3.63) is 12.0 Å². The molecule has 14 heavy (non-hydrogen) atoms. The summed E-state index contributed by atoms with van der Waals surface area (Å²) in [7, 11) is 0. The molecule has 2 nitrogen and oxygen atoms in total. The molecule has 0 amide bonds. The van der Waals surface area contributed by atoms with Gasteiger partial charge >= 0.3 is 0 Å². The number of nitrogens with one attached hydrogen (secondary N) is 1. The summed E-state index contributed by atoms with van der Waals surface area (Å²) in [6, 6.07) is 0.000648. The van der Waals surface area contributed by atoms with E-state index in [2.05, 4.69) is 10.3 Å². The van der Waals surface area contributed by atoms with Gasteiger partial charge in [-0.2, -0.15) is 0 Å². The van der Waals surface area contributed by atoms with Crippen LogP contribution >= 0.6 is 0 Å². The first-order valence-corrected chi connectivity index (χ1v) is 4.86. The number of hydrogen-bond donors (Lipinski definition) is 1. The molecule has 2 aliphatic rings. The molecule has 2 aliphatic heterocycles. The average molecular weight is 200 g/mol. The molecule has 0 bridgehead atoms. The minimum absolute atomic E-state index is 0.000648. The van der Waals surface area contributed by atoms with Crippen LogP contribution in [0.4, 0.5) is 8.78 Å². The molecule has 0 aromatic rings. The van der Waals surface area contributed by atoms with E-state index in [1.54, 1.807) is 6.21 Å². The summed E-state index contributed by atoms with van der Waals surface area (Å²) < 4.78 is 26.0. The van der Waals surface area contributed by atoms with Crippen molar-refractivity contribution >= 4 is 6.21 Å². The maximum atomic E-state index is 13.1. The Morgan fingerprint density at radius 3 is 3.00 bits per heavy atom. The van der Waals surface area contributed by atoms with Gasteiger partial charge in [-0.3, -0.25) is 4.99 Å². The van der Waals surface area contributed by atoms with E-state index in [9.17, 15) is 8.78 Å². The van der Waals surface area contributed by atoms with E-state index in [1.165, 1.54) is 6.20 Å². The lowest BCUT2D eigenvalue weighted by Crippen LogP contribution is -2.41. The van der Waals surface area contributed by atoms with Gasteiger partial charge in [-0.15, -0.1) is 0 Å². The third-order valence-corrected chi connectivity index (χ3v) is 3.01. The minimum Gasteiger partial charge on any atom is -0.310 e. The Hall–Kier alpha value is -0.770. The Labute approximate surface area is 82.1 Å². The van der Waals surface area contributed by atoms with Crippen LogP contribution in [0.15, 0.2) is 17.0 Å². The van der Waals surface area contributed by atoms with Gasteiger partial charge < -0.3 is 5.32 Å². The third kappa shape index (κ3) is 1.71. The van der Waals surface area contributed by atoms with Crippen molar-refractivity contribution in [3.8, 4) is 0 Å². The summed E-state index contributed by atoms with van der Waals surface area (Å²) in [4.78, 5) is 3.86. The van der Waals surface area contributed by atoms with Crippen molar-refractivity contribution in [2.75, 3.05) is 6.54 Å². The lowest BCUT2D eigenvalue weighted by molar-refractivity contribution is 0.293. The molecular weight excluding hydrogens is 186 g/mol. The Kier molecular flexibility index (Phi) is 2.39. The topological polar surface area (TPSA) is 24.4 Å². The van der Waals surface area contributed by atoms with E-state index >= 15 is 0 Å². The van der Waals surface area contributed by atoms with Crippen LogP contribution in [0.25, 0.3) is 0 Å². The van der Waals surface area contributed by atoms with Gasteiger partial charge in [0.15, 0.2) is 0 Å². The molecule has 0 aromatic carbocycles. The molecule has 78 valence electrons. The summed E-state index contributed by atoms with van der Waals surface area (Å²) in [5.74, 6) is -0.223. The fourth-order valence-corrected chi connectivity index (χ4v) is 2.15. The highest BCUT2D eigenvalue weighted by Crippen LogP contribution is 2.35. The highest BCUT2D eigenvalue weighted by Gasteiger charge is 2.39. The monoisotopic (exact) mass is 200 g/mol. The number of nitrogens with zero attached hydrogens (tertiary/aromatic N) is 1. The predicted octanol–water partition coefficient (Wildman–Crippen LogP) is 1.98. The zero-order valence-electron chi connectivity index (χ0n) is 8.13.